The van der Waals surface area contributed by atoms with E-state index in [0.717, 1.165) is 6.92 Å². The minimum atomic E-state index is -3.09. The fourth-order valence-electron chi connectivity index (χ4n) is 3.14. The minimum absolute atomic E-state index is 0.0111. The molecule has 3 heterocycles. The second-order valence-corrected chi connectivity index (χ2v) is 6.18. The van der Waals surface area contributed by atoms with Crippen molar-refractivity contribution in [1.82, 2.24) is 15.0 Å². The van der Waals surface area contributed by atoms with Crippen molar-refractivity contribution in [2.75, 3.05) is 13.1 Å². The predicted octanol–water partition coefficient (Wildman–Crippen LogP) is 2.12. The maximum absolute atomic E-state index is 13.9. The Morgan fingerprint density at radius 3 is 2.86 bits per heavy atom. The summed E-state index contributed by atoms with van der Waals surface area (Å²) in [6.45, 7) is 2.66. The van der Waals surface area contributed by atoms with Gasteiger partial charge in [0.25, 0.3) is 11.8 Å². The normalized spacial score (nSPS) is 28.8. The molecule has 0 spiro atoms. The van der Waals surface area contributed by atoms with Crippen LogP contribution < -0.4 is 0 Å². The van der Waals surface area contributed by atoms with Gasteiger partial charge in [0.15, 0.2) is 0 Å². The largest absolute Gasteiger partial charge is 0.272 e. The molecule has 2 atom stereocenters. The molecule has 2 fully saturated rings. The number of nitrogens with zero attached hydrogens (tertiary/aromatic N) is 4. The highest BCUT2D eigenvalue weighted by Gasteiger charge is 2.62. The molecule has 116 valence electrons. The van der Waals surface area contributed by atoms with Crippen LogP contribution in [0.2, 0.25) is 0 Å². The maximum Gasteiger partial charge on any atom is 0.260 e. The molecule has 1 amide bonds. The molecule has 3 rings (SSSR count). The fraction of sp³-hybridized carbons (Fsp3) is 0.533. The molecule has 2 saturated heterocycles. The third-order valence-electron chi connectivity index (χ3n) is 4.68. The number of hydrogen-bond acceptors (Lipinski definition) is 4. The van der Waals surface area contributed by atoms with Gasteiger partial charge in [-0.15, -0.1) is 0 Å². The molecule has 5 nitrogen and oxygen atoms in total. The topological polar surface area (TPSA) is 60.2 Å². The third kappa shape index (κ3) is 1.98. The van der Waals surface area contributed by atoms with E-state index < -0.39 is 17.2 Å². The van der Waals surface area contributed by atoms with Crippen LogP contribution >= 0.6 is 0 Å². The first-order valence-electron chi connectivity index (χ1n) is 7.09. The molecule has 7 heteroatoms. The number of fused-ring (bicyclic) bond motifs is 1. The molecule has 0 N–H and O–H groups in total. The summed E-state index contributed by atoms with van der Waals surface area (Å²) in [5.41, 5.74) is -0.615. The first-order chi connectivity index (χ1) is 10.3. The van der Waals surface area contributed by atoms with Crippen LogP contribution in [0.25, 0.3) is 0 Å². The van der Waals surface area contributed by atoms with Crippen molar-refractivity contribution in [2.24, 2.45) is 5.41 Å². The Bertz CT molecular complexity index is 666. The Balaban J connectivity index is 1.95. The van der Waals surface area contributed by atoms with Gasteiger partial charge in [-0.2, -0.15) is 5.26 Å². The summed E-state index contributed by atoms with van der Waals surface area (Å²) in [5.74, 6) is -3.66. The van der Waals surface area contributed by atoms with E-state index in [1.54, 1.807) is 17.3 Å². The van der Waals surface area contributed by atoms with Crippen LogP contribution in [0.15, 0.2) is 18.5 Å². The molecule has 0 bridgehead atoms. The van der Waals surface area contributed by atoms with Crippen molar-refractivity contribution >= 4 is 5.91 Å². The summed E-state index contributed by atoms with van der Waals surface area (Å²) in [6.07, 6.45) is 3.67. The van der Waals surface area contributed by atoms with Crippen molar-refractivity contribution in [1.29, 1.82) is 5.26 Å². The summed E-state index contributed by atoms with van der Waals surface area (Å²) in [7, 11) is 0. The van der Waals surface area contributed by atoms with Gasteiger partial charge < -0.3 is 0 Å². The van der Waals surface area contributed by atoms with E-state index in [0.29, 0.717) is 24.1 Å². The Labute approximate surface area is 127 Å². The number of nitriles is 1. The van der Waals surface area contributed by atoms with Crippen LogP contribution in [-0.4, -0.2) is 39.9 Å². The number of alkyl halides is 2. The SMILES string of the molecule is CC(F)(F)C1(C)CN2CCC(c3cncc(C#N)c3)N2C1=O. The van der Waals surface area contributed by atoms with Gasteiger partial charge in [0.1, 0.15) is 11.5 Å². The number of amides is 1. The lowest BCUT2D eigenvalue weighted by Crippen LogP contribution is -2.45. The fourth-order valence-corrected chi connectivity index (χ4v) is 3.14. The van der Waals surface area contributed by atoms with E-state index in [1.807, 2.05) is 6.07 Å². The van der Waals surface area contributed by atoms with Gasteiger partial charge >= 0.3 is 0 Å². The van der Waals surface area contributed by atoms with Gasteiger partial charge in [-0.25, -0.2) is 13.8 Å². The van der Waals surface area contributed by atoms with Gasteiger partial charge in [0.05, 0.1) is 11.6 Å². The summed E-state index contributed by atoms with van der Waals surface area (Å²) in [4.78, 5) is 16.6. The highest BCUT2D eigenvalue weighted by Crippen LogP contribution is 2.48. The van der Waals surface area contributed by atoms with Gasteiger partial charge in [-0.3, -0.25) is 14.8 Å². The summed E-state index contributed by atoms with van der Waals surface area (Å²) >= 11 is 0. The zero-order valence-corrected chi connectivity index (χ0v) is 12.4. The van der Waals surface area contributed by atoms with Gasteiger partial charge in [0.2, 0.25) is 0 Å². The van der Waals surface area contributed by atoms with E-state index in [2.05, 4.69) is 4.98 Å². The number of carbonyl (C=O) groups excluding carboxylic acids is 1. The number of hydrogen-bond donors (Lipinski definition) is 0. The van der Waals surface area contributed by atoms with Crippen molar-refractivity contribution in [3.63, 3.8) is 0 Å². The Hall–Kier alpha value is -2.07. The predicted molar refractivity (Wildman–Crippen MR) is 73.5 cm³/mol. The second kappa shape index (κ2) is 4.71. The van der Waals surface area contributed by atoms with Gasteiger partial charge in [0, 0.05) is 32.4 Å². The number of halogens is 2. The molecule has 22 heavy (non-hydrogen) atoms. The molecule has 2 aliphatic heterocycles. The van der Waals surface area contributed by atoms with Crippen molar-refractivity contribution in [2.45, 2.75) is 32.2 Å². The lowest BCUT2D eigenvalue weighted by molar-refractivity contribution is -0.156. The van der Waals surface area contributed by atoms with Crippen molar-refractivity contribution in [3.8, 4) is 6.07 Å². The van der Waals surface area contributed by atoms with Gasteiger partial charge in [-0.1, -0.05) is 0 Å². The molecule has 0 saturated carbocycles. The molecule has 1 aromatic heterocycles. The summed E-state index contributed by atoms with van der Waals surface area (Å²) in [6, 6.07) is 3.33. The lowest BCUT2D eigenvalue weighted by atomic mass is 9.83. The molecule has 2 aliphatic rings. The quantitative estimate of drug-likeness (QED) is 0.839. The van der Waals surface area contributed by atoms with E-state index in [9.17, 15) is 13.6 Å². The number of carbonyl (C=O) groups is 1. The van der Waals surface area contributed by atoms with Crippen LogP contribution in [0, 0.1) is 16.7 Å². The minimum Gasteiger partial charge on any atom is -0.272 e. The van der Waals surface area contributed by atoms with Crippen molar-refractivity contribution < 1.29 is 13.6 Å². The van der Waals surface area contributed by atoms with E-state index in [4.69, 9.17) is 5.26 Å². The van der Waals surface area contributed by atoms with Crippen LogP contribution in [-0.2, 0) is 4.79 Å². The number of rotatable bonds is 2. The highest BCUT2D eigenvalue weighted by atomic mass is 19.3. The standard InChI is InChI=1S/C15H16F2N4O/c1-14(15(2,16)17)9-20-4-3-12(21(20)13(14)22)11-5-10(6-18)7-19-8-11/h5,7-8,12H,3-4,9H2,1-2H3. The van der Waals surface area contributed by atoms with E-state index in [-0.39, 0.29) is 12.6 Å². The van der Waals surface area contributed by atoms with E-state index in [1.165, 1.54) is 18.1 Å². The monoisotopic (exact) mass is 306 g/mol. The molecular weight excluding hydrogens is 290 g/mol. The van der Waals surface area contributed by atoms with Crippen molar-refractivity contribution in [3.05, 3.63) is 29.6 Å². The van der Waals surface area contributed by atoms with Crippen LogP contribution in [0.4, 0.5) is 8.78 Å². The average Bonchev–Trinajstić information content (AvgIpc) is 2.98. The van der Waals surface area contributed by atoms with Crippen LogP contribution in [0.5, 0.6) is 0 Å². The Kier molecular flexibility index (Phi) is 3.18. The third-order valence-corrected chi connectivity index (χ3v) is 4.68. The number of hydrazine groups is 1. The molecule has 0 radical (unpaired) electrons. The Morgan fingerprint density at radius 2 is 2.23 bits per heavy atom. The zero-order chi connectivity index (χ0) is 16.1. The molecule has 0 aromatic carbocycles. The zero-order valence-electron chi connectivity index (χ0n) is 12.4. The van der Waals surface area contributed by atoms with Crippen LogP contribution in [0.3, 0.4) is 0 Å². The van der Waals surface area contributed by atoms with E-state index >= 15 is 0 Å². The molecular formula is C15H16F2N4O. The highest BCUT2D eigenvalue weighted by molar-refractivity contribution is 5.86. The average molecular weight is 306 g/mol. The second-order valence-electron chi connectivity index (χ2n) is 6.18. The maximum atomic E-state index is 13.9. The summed E-state index contributed by atoms with van der Waals surface area (Å²) in [5, 5.41) is 12.1. The molecule has 1 aromatic rings. The van der Waals surface area contributed by atoms with Gasteiger partial charge in [-0.05, 0) is 25.0 Å². The smallest absolute Gasteiger partial charge is 0.260 e. The first kappa shape index (κ1) is 14.9. The number of pyridine rings is 1. The summed E-state index contributed by atoms with van der Waals surface area (Å²) < 4.78 is 27.8. The molecule has 2 unspecified atom stereocenters. The Morgan fingerprint density at radius 1 is 1.50 bits per heavy atom. The first-order valence-corrected chi connectivity index (χ1v) is 7.09. The lowest BCUT2D eigenvalue weighted by Gasteiger charge is -2.29. The van der Waals surface area contributed by atoms with Crippen LogP contribution in [0.1, 0.15) is 37.4 Å². The molecule has 0 aliphatic carbocycles. The number of aromatic nitrogens is 1.